The molecule has 2 aromatic rings. The average molecular weight is 230 g/mol. The molecule has 0 aliphatic rings. The maximum atomic E-state index is 9.01. The number of aromatic nitrogens is 1. The highest BCUT2D eigenvalue weighted by Crippen LogP contribution is 2.32. The smallest absolute Gasteiger partial charge is 0.260 e. The molecular weight excluding hydrogens is 220 g/mol. The lowest BCUT2D eigenvalue weighted by Crippen LogP contribution is -1.85. The summed E-state index contributed by atoms with van der Waals surface area (Å²) in [5, 5.41) is 9.58. The van der Waals surface area contributed by atoms with Crippen molar-refractivity contribution in [3.8, 4) is 6.07 Å². The summed E-state index contributed by atoms with van der Waals surface area (Å²) in [6, 6.07) is 7.81. The minimum Gasteiger partial charge on any atom is -0.439 e. The lowest BCUT2D eigenvalue weighted by atomic mass is 10.1. The van der Waals surface area contributed by atoms with Gasteiger partial charge in [-0.05, 0) is 37.2 Å². The van der Waals surface area contributed by atoms with Crippen molar-refractivity contribution in [3.05, 3.63) is 41.3 Å². The quantitative estimate of drug-likeness (QED) is 0.794. The molecule has 0 bridgehead atoms. The predicted octanol–water partition coefficient (Wildman–Crippen LogP) is 3.31. The van der Waals surface area contributed by atoms with Gasteiger partial charge in [-0.25, -0.2) is 4.98 Å². The largest absolute Gasteiger partial charge is 0.439 e. The van der Waals surface area contributed by atoms with Gasteiger partial charge in [0.25, 0.3) is 5.22 Å². The summed E-state index contributed by atoms with van der Waals surface area (Å²) in [6.07, 6.45) is 1.60. The van der Waals surface area contributed by atoms with Crippen molar-refractivity contribution < 1.29 is 4.42 Å². The van der Waals surface area contributed by atoms with Crippen LogP contribution in [0.25, 0.3) is 0 Å². The Hall–Kier alpha value is -1.73. The molecule has 0 radical (unpaired) electrons. The average Bonchev–Trinajstić information content (AvgIpc) is 2.67. The van der Waals surface area contributed by atoms with Crippen molar-refractivity contribution in [1.29, 1.82) is 5.26 Å². The Kier molecular flexibility index (Phi) is 2.97. The number of nitriles is 1. The van der Waals surface area contributed by atoms with Crippen LogP contribution >= 0.6 is 11.8 Å². The lowest BCUT2D eigenvalue weighted by molar-refractivity contribution is 0.454. The second kappa shape index (κ2) is 4.42. The molecule has 0 N–H and O–H groups in total. The van der Waals surface area contributed by atoms with Gasteiger partial charge in [0.2, 0.25) is 0 Å². The maximum absolute atomic E-state index is 9.01. The third-order valence-corrected chi connectivity index (χ3v) is 3.23. The summed E-state index contributed by atoms with van der Waals surface area (Å²) in [7, 11) is 0. The third kappa shape index (κ3) is 2.10. The van der Waals surface area contributed by atoms with E-state index in [1.54, 1.807) is 12.3 Å². The summed E-state index contributed by atoms with van der Waals surface area (Å²) >= 11 is 1.39. The molecule has 16 heavy (non-hydrogen) atoms. The van der Waals surface area contributed by atoms with E-state index < -0.39 is 0 Å². The topological polar surface area (TPSA) is 49.8 Å². The van der Waals surface area contributed by atoms with Crippen molar-refractivity contribution in [1.82, 2.24) is 4.98 Å². The summed E-state index contributed by atoms with van der Waals surface area (Å²) < 4.78 is 5.27. The normalized spacial score (nSPS) is 10.1. The highest BCUT2D eigenvalue weighted by atomic mass is 32.2. The van der Waals surface area contributed by atoms with Crippen LogP contribution in [0.5, 0.6) is 0 Å². The molecule has 0 spiro atoms. The summed E-state index contributed by atoms with van der Waals surface area (Å²) in [4.78, 5) is 5.12. The first kappa shape index (κ1) is 10.8. The van der Waals surface area contributed by atoms with E-state index in [1.807, 2.05) is 26.0 Å². The number of benzene rings is 1. The molecule has 3 nitrogen and oxygen atoms in total. The number of oxazole rings is 1. The molecule has 0 saturated heterocycles. The molecule has 2 rings (SSSR count). The Bertz CT molecular complexity index is 554. The Morgan fingerprint density at radius 3 is 2.81 bits per heavy atom. The zero-order valence-electron chi connectivity index (χ0n) is 9.02. The minimum atomic E-state index is 0.573. The van der Waals surface area contributed by atoms with Crippen molar-refractivity contribution in [2.45, 2.75) is 24.0 Å². The van der Waals surface area contributed by atoms with Crippen molar-refractivity contribution in [3.63, 3.8) is 0 Å². The highest BCUT2D eigenvalue weighted by molar-refractivity contribution is 7.99. The van der Waals surface area contributed by atoms with E-state index in [-0.39, 0.29) is 0 Å². The van der Waals surface area contributed by atoms with Gasteiger partial charge in [0.15, 0.2) is 0 Å². The van der Waals surface area contributed by atoms with Crippen LogP contribution in [0.4, 0.5) is 0 Å². The minimum absolute atomic E-state index is 0.573. The van der Waals surface area contributed by atoms with Gasteiger partial charge in [0.05, 0.1) is 11.3 Å². The molecule has 0 amide bonds. The van der Waals surface area contributed by atoms with Gasteiger partial charge in [-0.15, -0.1) is 0 Å². The molecule has 4 heteroatoms. The van der Waals surface area contributed by atoms with Crippen molar-refractivity contribution in [2.75, 3.05) is 0 Å². The maximum Gasteiger partial charge on any atom is 0.260 e. The summed E-state index contributed by atoms with van der Waals surface area (Å²) in [5.74, 6) is 0. The van der Waals surface area contributed by atoms with E-state index >= 15 is 0 Å². The molecule has 80 valence electrons. The standard InChI is InChI=1S/C12H10N2OS/c1-8-4-3-5-10(6-13)11(8)16-12-14-9(2)7-15-12/h3-5,7H,1-2H3. The van der Waals surface area contributed by atoms with E-state index in [0.717, 1.165) is 16.2 Å². The highest BCUT2D eigenvalue weighted by Gasteiger charge is 2.10. The second-order valence-corrected chi connectivity index (χ2v) is 4.38. The van der Waals surface area contributed by atoms with Gasteiger partial charge in [-0.1, -0.05) is 12.1 Å². The van der Waals surface area contributed by atoms with E-state index in [2.05, 4.69) is 11.1 Å². The molecule has 0 unspecified atom stereocenters. The van der Waals surface area contributed by atoms with Crippen LogP contribution in [0, 0.1) is 25.2 Å². The first-order chi connectivity index (χ1) is 7.70. The van der Waals surface area contributed by atoms with Gasteiger partial charge in [-0.3, -0.25) is 0 Å². The molecule has 0 atom stereocenters. The molecule has 1 aromatic carbocycles. The first-order valence-corrected chi connectivity index (χ1v) is 5.62. The van der Waals surface area contributed by atoms with E-state index in [4.69, 9.17) is 9.68 Å². The molecule has 1 aromatic heterocycles. The summed E-state index contributed by atoms with van der Waals surface area (Å²) in [5.41, 5.74) is 2.55. The fraction of sp³-hybridized carbons (Fsp3) is 0.167. The molecule has 0 aliphatic carbocycles. The van der Waals surface area contributed by atoms with Crippen LogP contribution in [0.2, 0.25) is 0 Å². The van der Waals surface area contributed by atoms with Crippen LogP contribution < -0.4 is 0 Å². The van der Waals surface area contributed by atoms with Gasteiger partial charge in [-0.2, -0.15) is 5.26 Å². The Morgan fingerprint density at radius 1 is 1.38 bits per heavy atom. The van der Waals surface area contributed by atoms with Crippen LogP contribution in [-0.4, -0.2) is 4.98 Å². The Balaban J connectivity index is 2.38. The van der Waals surface area contributed by atoms with Gasteiger partial charge in [0, 0.05) is 4.90 Å². The zero-order valence-corrected chi connectivity index (χ0v) is 9.84. The van der Waals surface area contributed by atoms with E-state index in [0.29, 0.717) is 10.8 Å². The Morgan fingerprint density at radius 2 is 2.19 bits per heavy atom. The molecular formula is C12H10N2OS. The molecule has 0 aliphatic heterocycles. The van der Waals surface area contributed by atoms with Crippen LogP contribution in [0.1, 0.15) is 16.8 Å². The van der Waals surface area contributed by atoms with Gasteiger partial charge < -0.3 is 4.42 Å². The van der Waals surface area contributed by atoms with Gasteiger partial charge >= 0.3 is 0 Å². The second-order valence-electron chi connectivity index (χ2n) is 3.42. The molecule has 1 heterocycles. The van der Waals surface area contributed by atoms with Gasteiger partial charge in [0.1, 0.15) is 12.3 Å². The molecule has 0 saturated carbocycles. The first-order valence-electron chi connectivity index (χ1n) is 4.80. The lowest BCUT2D eigenvalue weighted by Gasteiger charge is -2.03. The number of rotatable bonds is 2. The van der Waals surface area contributed by atoms with Crippen LogP contribution in [0.15, 0.2) is 39.0 Å². The van der Waals surface area contributed by atoms with E-state index in [1.165, 1.54) is 11.8 Å². The van der Waals surface area contributed by atoms with Crippen molar-refractivity contribution >= 4 is 11.8 Å². The van der Waals surface area contributed by atoms with Crippen molar-refractivity contribution in [2.24, 2.45) is 0 Å². The zero-order chi connectivity index (χ0) is 11.5. The Labute approximate surface area is 98.1 Å². The monoisotopic (exact) mass is 230 g/mol. The van der Waals surface area contributed by atoms with Crippen LogP contribution in [-0.2, 0) is 0 Å². The van der Waals surface area contributed by atoms with E-state index in [9.17, 15) is 0 Å². The number of aryl methyl sites for hydroxylation is 2. The fourth-order valence-corrected chi connectivity index (χ4v) is 2.26. The number of hydrogen-bond acceptors (Lipinski definition) is 4. The summed E-state index contributed by atoms with van der Waals surface area (Å²) in [6.45, 7) is 3.84. The van der Waals surface area contributed by atoms with Crippen LogP contribution in [0.3, 0.4) is 0 Å². The SMILES string of the molecule is Cc1coc(Sc2c(C)cccc2C#N)n1. The number of hydrogen-bond donors (Lipinski definition) is 0. The predicted molar refractivity (Wildman–Crippen MR) is 61.3 cm³/mol. The molecule has 0 fully saturated rings. The third-order valence-electron chi connectivity index (χ3n) is 2.12. The fourth-order valence-electron chi connectivity index (χ4n) is 1.34. The number of nitrogens with zero attached hydrogens (tertiary/aromatic N) is 2.